The topological polar surface area (TPSA) is 41.6 Å². The lowest BCUT2D eigenvalue weighted by atomic mass is 10.0. The number of halogens is 4. The Hall–Kier alpha value is -2.25. The summed E-state index contributed by atoms with van der Waals surface area (Å²) in [5.74, 6) is 0.252. The van der Waals surface area contributed by atoms with Gasteiger partial charge in [0, 0.05) is 11.1 Å². The smallest absolute Gasteiger partial charge is 0.418 e. The Balaban J connectivity index is 1.70. The van der Waals surface area contributed by atoms with E-state index in [9.17, 15) is 18.0 Å². The third-order valence-corrected chi connectivity index (χ3v) is 5.01. The molecule has 0 spiro atoms. The minimum atomic E-state index is -4.60. The Bertz CT molecular complexity index is 840. The highest BCUT2D eigenvalue weighted by molar-refractivity contribution is 6.30. The van der Waals surface area contributed by atoms with Gasteiger partial charge in [-0.1, -0.05) is 23.7 Å². The highest BCUT2D eigenvalue weighted by Crippen LogP contribution is 2.37. The zero-order valence-corrected chi connectivity index (χ0v) is 16.0. The number of benzene rings is 2. The molecule has 150 valence electrons. The van der Waals surface area contributed by atoms with E-state index < -0.39 is 17.6 Å². The molecule has 1 N–H and O–H groups in total. The van der Waals surface area contributed by atoms with Crippen molar-refractivity contribution >= 4 is 23.2 Å². The van der Waals surface area contributed by atoms with Crippen LogP contribution in [0.2, 0.25) is 5.02 Å². The van der Waals surface area contributed by atoms with Gasteiger partial charge in [0.1, 0.15) is 5.75 Å². The molecule has 0 saturated carbocycles. The number of carbonyl (C=O) groups is 1. The summed E-state index contributed by atoms with van der Waals surface area (Å²) in [6, 6.07) is 11.0. The molecule has 4 nitrogen and oxygen atoms in total. The maximum atomic E-state index is 13.2. The molecule has 2 aromatic carbocycles. The summed E-state index contributed by atoms with van der Waals surface area (Å²) in [5, 5.41) is 2.34. The van der Waals surface area contributed by atoms with Gasteiger partial charge in [-0.25, -0.2) is 0 Å². The normalized spacial score (nSPS) is 17.5. The van der Waals surface area contributed by atoms with Gasteiger partial charge in [-0.05, 0) is 55.3 Å². The van der Waals surface area contributed by atoms with Crippen molar-refractivity contribution in [2.24, 2.45) is 0 Å². The zero-order chi connectivity index (χ0) is 20.3. The van der Waals surface area contributed by atoms with Crippen molar-refractivity contribution in [2.75, 3.05) is 25.5 Å². The number of anilines is 1. The van der Waals surface area contributed by atoms with Crippen molar-refractivity contribution < 1.29 is 22.7 Å². The summed E-state index contributed by atoms with van der Waals surface area (Å²) in [6.45, 7) is 0.716. The van der Waals surface area contributed by atoms with Crippen molar-refractivity contribution in [1.82, 2.24) is 4.90 Å². The maximum Gasteiger partial charge on any atom is 0.418 e. The molecule has 1 saturated heterocycles. The first-order chi connectivity index (χ1) is 13.3. The lowest BCUT2D eigenvalue weighted by Crippen LogP contribution is -2.33. The minimum Gasteiger partial charge on any atom is -0.497 e. The largest absolute Gasteiger partial charge is 0.497 e. The lowest BCUT2D eigenvalue weighted by molar-refractivity contribution is -0.137. The predicted molar refractivity (Wildman–Crippen MR) is 102 cm³/mol. The first-order valence-electron chi connectivity index (χ1n) is 8.82. The van der Waals surface area contributed by atoms with Gasteiger partial charge < -0.3 is 10.1 Å². The van der Waals surface area contributed by atoms with Crippen molar-refractivity contribution in [3.8, 4) is 5.75 Å². The van der Waals surface area contributed by atoms with E-state index in [4.69, 9.17) is 16.3 Å². The average molecular weight is 413 g/mol. The molecule has 3 rings (SSSR count). The van der Waals surface area contributed by atoms with E-state index in [1.807, 2.05) is 29.2 Å². The molecule has 28 heavy (non-hydrogen) atoms. The van der Waals surface area contributed by atoms with E-state index in [0.717, 1.165) is 30.2 Å². The van der Waals surface area contributed by atoms with Gasteiger partial charge >= 0.3 is 6.18 Å². The van der Waals surface area contributed by atoms with E-state index in [1.165, 1.54) is 12.1 Å². The summed E-state index contributed by atoms with van der Waals surface area (Å²) in [5.41, 5.74) is -0.197. The number of methoxy groups -OCH3 is 1. The van der Waals surface area contributed by atoms with Gasteiger partial charge in [0.15, 0.2) is 0 Å². The Morgan fingerprint density at radius 2 is 1.96 bits per heavy atom. The van der Waals surface area contributed by atoms with Crippen LogP contribution < -0.4 is 10.1 Å². The number of ether oxygens (including phenoxy) is 1. The van der Waals surface area contributed by atoms with Crippen molar-refractivity contribution in [3.05, 3.63) is 58.6 Å². The van der Waals surface area contributed by atoms with Crippen molar-refractivity contribution in [2.45, 2.75) is 25.1 Å². The highest BCUT2D eigenvalue weighted by atomic mass is 35.5. The van der Waals surface area contributed by atoms with Gasteiger partial charge in [0.2, 0.25) is 5.91 Å². The van der Waals surface area contributed by atoms with E-state index in [-0.39, 0.29) is 23.3 Å². The van der Waals surface area contributed by atoms with Crippen LogP contribution in [0.25, 0.3) is 0 Å². The third kappa shape index (κ3) is 4.77. The number of nitrogens with one attached hydrogen (secondary N) is 1. The maximum absolute atomic E-state index is 13.2. The number of carbonyl (C=O) groups excluding carboxylic acids is 1. The molecule has 0 bridgehead atoms. The zero-order valence-electron chi connectivity index (χ0n) is 15.2. The number of alkyl halides is 3. The molecular weight excluding hydrogens is 393 g/mol. The fourth-order valence-electron chi connectivity index (χ4n) is 3.45. The number of nitrogens with zero attached hydrogens (tertiary/aromatic N) is 1. The van der Waals surface area contributed by atoms with Crippen LogP contribution >= 0.6 is 11.6 Å². The van der Waals surface area contributed by atoms with Crippen LogP contribution in [0.4, 0.5) is 18.9 Å². The Morgan fingerprint density at radius 1 is 1.25 bits per heavy atom. The summed E-state index contributed by atoms with van der Waals surface area (Å²) < 4.78 is 44.8. The highest BCUT2D eigenvalue weighted by Gasteiger charge is 2.34. The van der Waals surface area contributed by atoms with Crippen molar-refractivity contribution in [3.63, 3.8) is 0 Å². The fraction of sp³-hybridized carbons (Fsp3) is 0.350. The van der Waals surface area contributed by atoms with E-state index in [0.29, 0.717) is 6.54 Å². The van der Waals surface area contributed by atoms with Gasteiger partial charge in [-0.2, -0.15) is 13.2 Å². The number of likely N-dealkylation sites (tertiary alicyclic amines) is 1. The average Bonchev–Trinajstić information content (AvgIpc) is 3.10. The molecule has 0 radical (unpaired) electrons. The number of rotatable bonds is 5. The van der Waals surface area contributed by atoms with E-state index >= 15 is 0 Å². The minimum absolute atomic E-state index is 0.0105. The van der Waals surface area contributed by atoms with Gasteiger partial charge in [0.05, 0.1) is 24.9 Å². The Labute approximate surface area is 166 Å². The van der Waals surface area contributed by atoms with Gasteiger partial charge in [0.25, 0.3) is 0 Å². The molecule has 1 heterocycles. The number of hydrogen-bond donors (Lipinski definition) is 1. The van der Waals surface area contributed by atoms with E-state index in [1.54, 1.807) is 7.11 Å². The molecule has 1 aliphatic heterocycles. The molecule has 2 aromatic rings. The summed E-state index contributed by atoms with van der Waals surface area (Å²) >= 11 is 5.68. The first kappa shape index (κ1) is 20.5. The Morgan fingerprint density at radius 3 is 2.61 bits per heavy atom. The second-order valence-corrected chi connectivity index (χ2v) is 7.07. The SMILES string of the molecule is COc1ccc([C@H]2CCCN2CC(=O)Nc2ccc(Cl)cc2C(F)(F)F)cc1. The molecule has 0 aliphatic carbocycles. The second-order valence-electron chi connectivity index (χ2n) is 6.64. The van der Waals surface area contributed by atoms with E-state index in [2.05, 4.69) is 5.32 Å². The van der Waals surface area contributed by atoms with Crippen molar-refractivity contribution in [1.29, 1.82) is 0 Å². The summed E-state index contributed by atoms with van der Waals surface area (Å²) in [6.07, 6.45) is -2.81. The standard InChI is InChI=1S/C20H20ClF3N2O2/c1-28-15-7-4-13(5-8-15)18-3-2-10-26(18)12-19(27)25-17-9-6-14(21)11-16(17)20(22,23)24/h4-9,11,18H,2-3,10,12H2,1H3,(H,25,27)/t18-/m1/s1. The summed E-state index contributed by atoms with van der Waals surface area (Å²) in [7, 11) is 1.59. The first-order valence-corrected chi connectivity index (χ1v) is 9.20. The number of hydrogen-bond acceptors (Lipinski definition) is 3. The lowest BCUT2D eigenvalue weighted by Gasteiger charge is -2.24. The molecule has 1 aliphatic rings. The van der Waals surface area contributed by atoms with Crippen LogP contribution in [0.15, 0.2) is 42.5 Å². The van der Waals surface area contributed by atoms with Crippen LogP contribution in [0.3, 0.4) is 0 Å². The molecule has 1 fully saturated rings. The fourth-order valence-corrected chi connectivity index (χ4v) is 3.63. The third-order valence-electron chi connectivity index (χ3n) is 4.77. The quantitative estimate of drug-likeness (QED) is 0.739. The molecular formula is C20H20ClF3N2O2. The van der Waals surface area contributed by atoms with Gasteiger partial charge in [-0.3, -0.25) is 9.69 Å². The molecule has 8 heteroatoms. The van der Waals surface area contributed by atoms with Crippen LogP contribution in [0, 0.1) is 0 Å². The summed E-state index contributed by atoms with van der Waals surface area (Å²) in [4.78, 5) is 14.4. The van der Waals surface area contributed by atoms with Crippen LogP contribution in [-0.2, 0) is 11.0 Å². The molecule has 1 atom stereocenters. The predicted octanol–water partition coefficient (Wildman–Crippen LogP) is 5.14. The van der Waals surface area contributed by atoms with Crippen LogP contribution in [-0.4, -0.2) is 31.0 Å². The number of amides is 1. The molecule has 1 amide bonds. The molecule has 0 unspecified atom stereocenters. The Kier molecular flexibility index (Phi) is 6.15. The van der Waals surface area contributed by atoms with Crippen LogP contribution in [0.5, 0.6) is 5.75 Å². The molecule has 0 aromatic heterocycles. The van der Waals surface area contributed by atoms with Crippen LogP contribution in [0.1, 0.15) is 30.0 Å². The second kappa shape index (κ2) is 8.41. The van der Waals surface area contributed by atoms with Gasteiger partial charge in [-0.15, -0.1) is 0 Å². The monoisotopic (exact) mass is 412 g/mol.